The van der Waals surface area contributed by atoms with Gasteiger partial charge in [0.1, 0.15) is 6.73 Å². The molecule has 6 nitrogen and oxygen atoms in total. The SMILES string of the molecule is CCOC(=O)c1c(OC)cnn1COCC[Si](C)(C)C. The van der Waals surface area contributed by atoms with E-state index in [1.807, 2.05) is 0 Å². The third-order valence-electron chi connectivity index (χ3n) is 2.70. The van der Waals surface area contributed by atoms with Crippen molar-refractivity contribution in [3.8, 4) is 5.75 Å². The molecule has 0 saturated carbocycles. The summed E-state index contributed by atoms with van der Waals surface area (Å²) in [5, 5.41) is 4.10. The second-order valence-corrected chi connectivity index (χ2v) is 11.3. The summed E-state index contributed by atoms with van der Waals surface area (Å²) in [6, 6.07) is 1.07. The highest BCUT2D eigenvalue weighted by molar-refractivity contribution is 6.76. The first-order valence-electron chi connectivity index (χ1n) is 6.73. The topological polar surface area (TPSA) is 62.6 Å². The molecule has 114 valence electrons. The lowest BCUT2D eigenvalue weighted by atomic mass is 10.4. The van der Waals surface area contributed by atoms with Gasteiger partial charge in [0.05, 0.1) is 19.9 Å². The van der Waals surface area contributed by atoms with Crippen LogP contribution in [0.3, 0.4) is 0 Å². The number of hydrogen-bond donors (Lipinski definition) is 0. The van der Waals surface area contributed by atoms with Crippen LogP contribution in [0.2, 0.25) is 25.7 Å². The Morgan fingerprint density at radius 2 is 2.10 bits per heavy atom. The van der Waals surface area contributed by atoms with Crippen LogP contribution in [0.1, 0.15) is 17.4 Å². The molecule has 1 aromatic rings. The van der Waals surface area contributed by atoms with Crippen molar-refractivity contribution in [1.29, 1.82) is 0 Å². The lowest BCUT2D eigenvalue weighted by molar-refractivity contribution is 0.0450. The Morgan fingerprint density at radius 3 is 2.65 bits per heavy atom. The Bertz CT molecular complexity index is 440. The van der Waals surface area contributed by atoms with Crippen LogP contribution in [0.25, 0.3) is 0 Å². The summed E-state index contributed by atoms with van der Waals surface area (Å²) in [7, 11) is 0.380. The Hall–Kier alpha value is -1.34. The van der Waals surface area contributed by atoms with Gasteiger partial charge in [-0.3, -0.25) is 0 Å². The van der Waals surface area contributed by atoms with Gasteiger partial charge < -0.3 is 14.2 Å². The lowest BCUT2D eigenvalue weighted by Gasteiger charge is -2.15. The van der Waals surface area contributed by atoms with Crippen LogP contribution in [-0.2, 0) is 16.2 Å². The first kappa shape index (κ1) is 16.7. The summed E-state index contributed by atoms with van der Waals surface area (Å²) in [4.78, 5) is 11.9. The third-order valence-corrected chi connectivity index (χ3v) is 4.41. The van der Waals surface area contributed by atoms with E-state index in [-0.39, 0.29) is 6.73 Å². The van der Waals surface area contributed by atoms with Crippen molar-refractivity contribution in [2.24, 2.45) is 0 Å². The van der Waals surface area contributed by atoms with Crippen molar-refractivity contribution in [3.63, 3.8) is 0 Å². The Balaban J connectivity index is 2.65. The highest BCUT2D eigenvalue weighted by Crippen LogP contribution is 2.19. The average molecular weight is 300 g/mol. The highest BCUT2D eigenvalue weighted by Gasteiger charge is 2.21. The van der Waals surface area contributed by atoms with E-state index in [0.717, 1.165) is 6.04 Å². The fraction of sp³-hybridized carbons (Fsp3) is 0.692. The largest absolute Gasteiger partial charge is 0.493 e. The van der Waals surface area contributed by atoms with Crippen molar-refractivity contribution in [3.05, 3.63) is 11.9 Å². The average Bonchev–Trinajstić information content (AvgIpc) is 2.76. The summed E-state index contributed by atoms with van der Waals surface area (Å²) in [6.45, 7) is 9.83. The van der Waals surface area contributed by atoms with E-state index in [1.165, 1.54) is 18.0 Å². The molecule has 0 aromatic carbocycles. The molecular weight excluding hydrogens is 276 g/mol. The van der Waals surface area contributed by atoms with Crippen LogP contribution < -0.4 is 4.74 Å². The second kappa shape index (κ2) is 7.44. The Morgan fingerprint density at radius 1 is 1.40 bits per heavy atom. The lowest BCUT2D eigenvalue weighted by Crippen LogP contribution is -2.22. The van der Waals surface area contributed by atoms with Gasteiger partial charge in [0.2, 0.25) is 0 Å². The molecule has 7 heteroatoms. The number of hydrogen-bond acceptors (Lipinski definition) is 5. The molecule has 20 heavy (non-hydrogen) atoms. The number of esters is 1. The quantitative estimate of drug-likeness (QED) is 0.419. The van der Waals surface area contributed by atoms with Crippen LogP contribution >= 0.6 is 0 Å². The molecule has 0 spiro atoms. The fourth-order valence-corrected chi connectivity index (χ4v) is 2.31. The van der Waals surface area contributed by atoms with Crippen LogP contribution in [0.4, 0.5) is 0 Å². The minimum atomic E-state index is -1.12. The van der Waals surface area contributed by atoms with E-state index < -0.39 is 14.0 Å². The molecule has 1 aromatic heterocycles. The number of rotatable bonds is 8. The standard InChI is InChI=1S/C13H24N2O4Si/c1-6-19-13(16)12-11(17-2)9-14-15(12)10-18-7-8-20(3,4)5/h9H,6-8,10H2,1-5H3. The highest BCUT2D eigenvalue weighted by atomic mass is 28.3. The maximum Gasteiger partial charge on any atom is 0.360 e. The molecule has 0 aliphatic carbocycles. The first-order valence-corrected chi connectivity index (χ1v) is 10.4. The maximum absolute atomic E-state index is 11.9. The molecule has 1 rings (SSSR count). The Labute approximate surface area is 121 Å². The van der Waals surface area contributed by atoms with Gasteiger partial charge in [0.15, 0.2) is 11.4 Å². The predicted octanol–water partition coefficient (Wildman–Crippen LogP) is 2.38. The van der Waals surface area contributed by atoms with Gasteiger partial charge in [0.25, 0.3) is 0 Å². The number of methoxy groups -OCH3 is 1. The minimum Gasteiger partial charge on any atom is -0.493 e. The second-order valence-electron chi connectivity index (χ2n) is 5.63. The zero-order chi connectivity index (χ0) is 15.2. The molecule has 0 atom stereocenters. The third kappa shape index (κ3) is 4.97. The number of carbonyl (C=O) groups is 1. The van der Waals surface area contributed by atoms with Crippen molar-refractivity contribution >= 4 is 14.0 Å². The van der Waals surface area contributed by atoms with E-state index >= 15 is 0 Å². The molecule has 0 saturated heterocycles. The van der Waals surface area contributed by atoms with Crippen LogP contribution in [0, 0.1) is 0 Å². The van der Waals surface area contributed by atoms with Crippen molar-refractivity contribution in [2.75, 3.05) is 20.3 Å². The monoisotopic (exact) mass is 300 g/mol. The smallest absolute Gasteiger partial charge is 0.360 e. The molecule has 0 aliphatic heterocycles. The van der Waals surface area contributed by atoms with Gasteiger partial charge in [-0.05, 0) is 13.0 Å². The van der Waals surface area contributed by atoms with Gasteiger partial charge in [-0.2, -0.15) is 5.10 Å². The number of ether oxygens (including phenoxy) is 3. The zero-order valence-corrected chi connectivity index (χ0v) is 13.9. The van der Waals surface area contributed by atoms with Gasteiger partial charge in [0, 0.05) is 14.7 Å². The molecular formula is C13H24N2O4Si. The van der Waals surface area contributed by atoms with Gasteiger partial charge >= 0.3 is 5.97 Å². The van der Waals surface area contributed by atoms with Crippen LogP contribution in [0.5, 0.6) is 5.75 Å². The minimum absolute atomic E-state index is 0.224. The van der Waals surface area contributed by atoms with Crippen LogP contribution in [0.15, 0.2) is 6.20 Å². The number of nitrogens with zero attached hydrogens (tertiary/aromatic N) is 2. The van der Waals surface area contributed by atoms with E-state index in [9.17, 15) is 4.79 Å². The summed E-state index contributed by atoms with van der Waals surface area (Å²) in [5.41, 5.74) is 0.294. The van der Waals surface area contributed by atoms with Crippen molar-refractivity contribution < 1.29 is 19.0 Å². The molecule has 0 radical (unpaired) electrons. The zero-order valence-electron chi connectivity index (χ0n) is 12.9. The van der Waals surface area contributed by atoms with Gasteiger partial charge in [-0.25, -0.2) is 9.48 Å². The fourth-order valence-electron chi connectivity index (χ4n) is 1.55. The summed E-state index contributed by atoms with van der Waals surface area (Å²) < 4.78 is 17.2. The molecule has 0 unspecified atom stereocenters. The molecule has 0 amide bonds. The summed E-state index contributed by atoms with van der Waals surface area (Å²) in [5.74, 6) is -0.0482. The summed E-state index contributed by atoms with van der Waals surface area (Å²) in [6.07, 6.45) is 1.49. The van der Waals surface area contributed by atoms with E-state index in [2.05, 4.69) is 24.7 Å². The molecule has 0 fully saturated rings. The first-order chi connectivity index (χ1) is 9.39. The molecule has 0 N–H and O–H groups in total. The van der Waals surface area contributed by atoms with E-state index in [1.54, 1.807) is 6.92 Å². The van der Waals surface area contributed by atoms with Gasteiger partial charge in [-0.15, -0.1) is 0 Å². The molecule has 0 aliphatic rings. The van der Waals surface area contributed by atoms with Crippen molar-refractivity contribution in [2.45, 2.75) is 39.3 Å². The summed E-state index contributed by atoms with van der Waals surface area (Å²) >= 11 is 0. The Kier molecular flexibility index (Phi) is 6.22. The van der Waals surface area contributed by atoms with Gasteiger partial charge in [-0.1, -0.05) is 19.6 Å². The van der Waals surface area contributed by atoms with Crippen molar-refractivity contribution in [1.82, 2.24) is 9.78 Å². The number of aromatic nitrogens is 2. The van der Waals surface area contributed by atoms with E-state index in [4.69, 9.17) is 14.2 Å². The predicted molar refractivity (Wildman–Crippen MR) is 78.8 cm³/mol. The maximum atomic E-state index is 11.9. The number of carbonyl (C=O) groups excluding carboxylic acids is 1. The molecule has 0 bridgehead atoms. The van der Waals surface area contributed by atoms with E-state index in [0.29, 0.717) is 24.7 Å². The van der Waals surface area contributed by atoms with Crippen LogP contribution in [-0.4, -0.2) is 44.1 Å². The normalized spacial score (nSPS) is 11.4. The molecule has 1 heterocycles.